The molecule has 1 aliphatic rings. The molecule has 0 saturated carbocycles. The van der Waals surface area contributed by atoms with Gasteiger partial charge in [-0.2, -0.15) is 0 Å². The molecule has 6 nitrogen and oxygen atoms in total. The predicted molar refractivity (Wildman–Crippen MR) is 101 cm³/mol. The van der Waals surface area contributed by atoms with E-state index < -0.39 is 0 Å². The summed E-state index contributed by atoms with van der Waals surface area (Å²) in [4.78, 5) is 25.4. The summed E-state index contributed by atoms with van der Waals surface area (Å²) in [5, 5.41) is 2.32. The SMILES string of the molecule is COc1ccnc(C(=O)N2CCN(c3cncc4ccccc34)CC2)c1. The molecule has 132 valence electrons. The molecule has 1 aromatic carbocycles. The molecule has 0 radical (unpaired) electrons. The molecule has 0 N–H and O–H groups in total. The second-order valence-corrected chi connectivity index (χ2v) is 6.24. The molecule has 1 fully saturated rings. The predicted octanol–water partition coefficient (Wildman–Crippen LogP) is 2.60. The number of rotatable bonds is 3. The number of aromatic nitrogens is 2. The van der Waals surface area contributed by atoms with Crippen LogP contribution < -0.4 is 9.64 Å². The lowest BCUT2D eigenvalue weighted by atomic mass is 10.1. The van der Waals surface area contributed by atoms with Crippen LogP contribution in [0.5, 0.6) is 5.75 Å². The molecule has 1 saturated heterocycles. The molecule has 0 aliphatic carbocycles. The summed E-state index contributed by atoms with van der Waals surface area (Å²) in [6, 6.07) is 11.7. The molecule has 26 heavy (non-hydrogen) atoms. The van der Waals surface area contributed by atoms with Crippen molar-refractivity contribution in [3.05, 3.63) is 60.7 Å². The van der Waals surface area contributed by atoms with Crippen molar-refractivity contribution in [2.45, 2.75) is 0 Å². The summed E-state index contributed by atoms with van der Waals surface area (Å²) in [6.07, 6.45) is 5.39. The van der Waals surface area contributed by atoms with E-state index in [0.717, 1.165) is 24.2 Å². The Morgan fingerprint density at radius 1 is 1.08 bits per heavy atom. The third-order valence-electron chi connectivity index (χ3n) is 4.74. The fraction of sp³-hybridized carbons (Fsp3) is 0.250. The number of piperazine rings is 1. The minimum Gasteiger partial charge on any atom is -0.497 e. The van der Waals surface area contributed by atoms with E-state index in [1.807, 2.05) is 29.4 Å². The first-order chi connectivity index (χ1) is 12.8. The fourth-order valence-electron chi connectivity index (χ4n) is 3.32. The van der Waals surface area contributed by atoms with Gasteiger partial charge in [-0.15, -0.1) is 0 Å². The number of amides is 1. The summed E-state index contributed by atoms with van der Waals surface area (Å²) < 4.78 is 5.18. The Morgan fingerprint density at radius 2 is 1.88 bits per heavy atom. The Hall–Kier alpha value is -3.15. The zero-order valence-corrected chi connectivity index (χ0v) is 14.6. The maximum atomic E-state index is 12.7. The van der Waals surface area contributed by atoms with Gasteiger partial charge in [-0.25, -0.2) is 0 Å². The average Bonchev–Trinajstić information content (AvgIpc) is 2.73. The first-order valence-electron chi connectivity index (χ1n) is 8.63. The van der Waals surface area contributed by atoms with E-state index in [9.17, 15) is 4.79 Å². The zero-order chi connectivity index (χ0) is 17.9. The molecule has 4 rings (SSSR count). The Balaban J connectivity index is 1.49. The van der Waals surface area contributed by atoms with Crippen molar-refractivity contribution < 1.29 is 9.53 Å². The Labute approximate surface area is 152 Å². The molecule has 1 aliphatic heterocycles. The van der Waals surface area contributed by atoms with Gasteiger partial charge in [0, 0.05) is 55.4 Å². The van der Waals surface area contributed by atoms with Gasteiger partial charge in [0.1, 0.15) is 11.4 Å². The average molecular weight is 348 g/mol. The standard InChI is InChI=1S/C20H20N4O2/c1-26-16-6-7-22-18(12-16)20(25)24-10-8-23(9-11-24)19-14-21-13-15-4-2-3-5-17(15)19/h2-7,12-14H,8-11H2,1H3. The monoisotopic (exact) mass is 348 g/mol. The topological polar surface area (TPSA) is 58.6 Å². The number of hydrogen-bond acceptors (Lipinski definition) is 5. The van der Waals surface area contributed by atoms with Gasteiger partial charge in [0.2, 0.25) is 0 Å². The van der Waals surface area contributed by atoms with E-state index >= 15 is 0 Å². The molecule has 0 bridgehead atoms. The van der Waals surface area contributed by atoms with E-state index in [2.05, 4.69) is 27.0 Å². The van der Waals surface area contributed by atoms with Gasteiger partial charge in [0.25, 0.3) is 5.91 Å². The van der Waals surface area contributed by atoms with Gasteiger partial charge >= 0.3 is 0 Å². The molecule has 3 heterocycles. The number of benzene rings is 1. The Kier molecular flexibility index (Phi) is 4.39. The third kappa shape index (κ3) is 3.06. The lowest BCUT2D eigenvalue weighted by Crippen LogP contribution is -2.49. The number of carbonyl (C=O) groups excluding carboxylic acids is 1. The zero-order valence-electron chi connectivity index (χ0n) is 14.6. The number of fused-ring (bicyclic) bond motifs is 1. The molecule has 2 aromatic heterocycles. The highest BCUT2D eigenvalue weighted by Crippen LogP contribution is 2.26. The van der Waals surface area contributed by atoms with Crippen LogP contribution in [0.4, 0.5) is 5.69 Å². The summed E-state index contributed by atoms with van der Waals surface area (Å²) >= 11 is 0. The van der Waals surface area contributed by atoms with Crippen molar-refractivity contribution in [3.8, 4) is 5.75 Å². The third-order valence-corrected chi connectivity index (χ3v) is 4.74. The van der Waals surface area contributed by atoms with E-state index in [-0.39, 0.29) is 5.91 Å². The van der Waals surface area contributed by atoms with Gasteiger partial charge < -0.3 is 14.5 Å². The lowest BCUT2D eigenvalue weighted by molar-refractivity contribution is 0.0740. The van der Waals surface area contributed by atoms with Crippen LogP contribution in [-0.4, -0.2) is 54.1 Å². The number of methoxy groups -OCH3 is 1. The van der Waals surface area contributed by atoms with Crippen molar-refractivity contribution >= 4 is 22.4 Å². The van der Waals surface area contributed by atoms with Crippen LogP contribution in [0, 0.1) is 0 Å². The minimum absolute atomic E-state index is 0.0559. The normalized spacial score (nSPS) is 14.5. The molecule has 0 unspecified atom stereocenters. The lowest BCUT2D eigenvalue weighted by Gasteiger charge is -2.36. The van der Waals surface area contributed by atoms with Gasteiger partial charge in [-0.3, -0.25) is 14.8 Å². The number of anilines is 1. The molecular formula is C20H20N4O2. The smallest absolute Gasteiger partial charge is 0.272 e. The van der Waals surface area contributed by atoms with Gasteiger partial charge in [0.05, 0.1) is 19.0 Å². The van der Waals surface area contributed by atoms with Crippen molar-refractivity contribution in [1.82, 2.24) is 14.9 Å². The van der Waals surface area contributed by atoms with Crippen LogP contribution in [0.25, 0.3) is 10.8 Å². The quantitative estimate of drug-likeness (QED) is 0.728. The van der Waals surface area contributed by atoms with Crippen molar-refractivity contribution in [3.63, 3.8) is 0 Å². The number of nitrogens with zero attached hydrogens (tertiary/aromatic N) is 4. The van der Waals surface area contributed by atoms with E-state index in [1.165, 1.54) is 5.39 Å². The van der Waals surface area contributed by atoms with Crippen LogP contribution in [0.3, 0.4) is 0 Å². The summed E-state index contributed by atoms with van der Waals surface area (Å²) in [6.45, 7) is 2.85. The highest BCUT2D eigenvalue weighted by atomic mass is 16.5. The Bertz CT molecular complexity index is 931. The fourth-order valence-corrected chi connectivity index (χ4v) is 3.32. The molecule has 0 atom stereocenters. The summed E-state index contributed by atoms with van der Waals surface area (Å²) in [5.74, 6) is 0.586. The van der Waals surface area contributed by atoms with Gasteiger partial charge in [-0.05, 0) is 6.07 Å². The van der Waals surface area contributed by atoms with Crippen molar-refractivity contribution in [1.29, 1.82) is 0 Å². The number of pyridine rings is 2. The highest BCUT2D eigenvalue weighted by Gasteiger charge is 2.24. The second-order valence-electron chi connectivity index (χ2n) is 6.24. The van der Waals surface area contributed by atoms with Gasteiger partial charge in [-0.1, -0.05) is 24.3 Å². The maximum Gasteiger partial charge on any atom is 0.272 e. The largest absolute Gasteiger partial charge is 0.497 e. The van der Waals surface area contributed by atoms with E-state index in [4.69, 9.17) is 4.74 Å². The van der Waals surface area contributed by atoms with Crippen LogP contribution in [-0.2, 0) is 0 Å². The van der Waals surface area contributed by atoms with Crippen LogP contribution in [0.1, 0.15) is 10.5 Å². The molecule has 3 aromatic rings. The first-order valence-corrected chi connectivity index (χ1v) is 8.63. The molecule has 6 heteroatoms. The van der Waals surface area contributed by atoms with Crippen LogP contribution in [0.15, 0.2) is 55.0 Å². The second kappa shape index (κ2) is 7.00. The molecular weight excluding hydrogens is 328 g/mol. The van der Waals surface area contributed by atoms with Crippen LogP contribution in [0.2, 0.25) is 0 Å². The number of carbonyl (C=O) groups is 1. The number of ether oxygens (including phenoxy) is 1. The summed E-state index contributed by atoms with van der Waals surface area (Å²) in [5.41, 5.74) is 1.54. The number of hydrogen-bond donors (Lipinski definition) is 0. The Morgan fingerprint density at radius 3 is 2.69 bits per heavy atom. The summed E-state index contributed by atoms with van der Waals surface area (Å²) in [7, 11) is 1.58. The highest BCUT2D eigenvalue weighted by molar-refractivity contribution is 5.94. The molecule has 0 spiro atoms. The first kappa shape index (κ1) is 16.3. The van der Waals surface area contributed by atoms with E-state index in [0.29, 0.717) is 24.5 Å². The van der Waals surface area contributed by atoms with Crippen molar-refractivity contribution in [2.75, 3.05) is 38.2 Å². The maximum absolute atomic E-state index is 12.7. The van der Waals surface area contributed by atoms with E-state index in [1.54, 1.807) is 25.4 Å². The minimum atomic E-state index is -0.0559. The van der Waals surface area contributed by atoms with Gasteiger partial charge in [0.15, 0.2) is 0 Å². The van der Waals surface area contributed by atoms with Crippen molar-refractivity contribution in [2.24, 2.45) is 0 Å². The van der Waals surface area contributed by atoms with Crippen LogP contribution >= 0.6 is 0 Å². The molecule has 1 amide bonds.